The SMILES string of the molecule is Oc1ccccc1O.c1cc2ccc3cccc4ccc(c1)c2c34. The molecule has 0 atom stereocenters. The molecule has 116 valence electrons. The van der Waals surface area contributed by atoms with Gasteiger partial charge in [0, 0.05) is 0 Å². The minimum atomic E-state index is -0.0764. The third kappa shape index (κ3) is 2.38. The van der Waals surface area contributed by atoms with Crippen LogP contribution in [-0.2, 0) is 0 Å². The number of benzene rings is 5. The van der Waals surface area contributed by atoms with Crippen LogP contribution in [0, 0.1) is 0 Å². The number of para-hydroxylation sites is 2. The van der Waals surface area contributed by atoms with E-state index < -0.39 is 0 Å². The van der Waals surface area contributed by atoms with Crippen molar-refractivity contribution >= 4 is 32.3 Å². The molecule has 0 aliphatic carbocycles. The molecule has 5 aromatic rings. The molecule has 0 unspecified atom stereocenters. The zero-order valence-corrected chi connectivity index (χ0v) is 13.0. The zero-order chi connectivity index (χ0) is 16.5. The van der Waals surface area contributed by atoms with E-state index in [1.165, 1.54) is 44.5 Å². The molecule has 0 heterocycles. The average Bonchev–Trinajstić information content (AvgIpc) is 2.63. The van der Waals surface area contributed by atoms with Crippen molar-refractivity contribution < 1.29 is 10.2 Å². The number of phenolic OH excluding ortho intramolecular Hbond substituents is 2. The third-order valence-corrected chi connectivity index (χ3v) is 4.27. The minimum Gasteiger partial charge on any atom is -0.504 e. The maximum Gasteiger partial charge on any atom is 0.157 e. The largest absolute Gasteiger partial charge is 0.504 e. The van der Waals surface area contributed by atoms with Crippen molar-refractivity contribution in [2.45, 2.75) is 0 Å². The lowest BCUT2D eigenvalue weighted by Gasteiger charge is -2.09. The molecule has 0 spiro atoms. The summed E-state index contributed by atoms with van der Waals surface area (Å²) in [6.45, 7) is 0. The maximum atomic E-state index is 8.67. The van der Waals surface area contributed by atoms with Gasteiger partial charge in [-0.05, 0) is 44.5 Å². The first-order chi connectivity index (χ1) is 11.7. The summed E-state index contributed by atoms with van der Waals surface area (Å²) in [7, 11) is 0. The fourth-order valence-electron chi connectivity index (χ4n) is 3.13. The predicted octanol–water partition coefficient (Wildman–Crippen LogP) is 5.68. The molecule has 0 radical (unpaired) electrons. The molecule has 0 fully saturated rings. The number of phenols is 2. The van der Waals surface area contributed by atoms with Crippen LogP contribution >= 0.6 is 0 Å². The van der Waals surface area contributed by atoms with Gasteiger partial charge in [-0.15, -0.1) is 0 Å². The standard InChI is InChI=1S/C16H10.C6H6O2/c1-3-11-7-9-13-5-2-6-14-10-8-12(4-1)15(11)16(13)14;7-5-3-1-2-4-6(5)8/h1-10H;1-4,7-8H. The summed E-state index contributed by atoms with van der Waals surface area (Å²) in [5, 5.41) is 25.5. The molecule has 2 nitrogen and oxygen atoms in total. The lowest BCUT2D eigenvalue weighted by Crippen LogP contribution is -1.82. The van der Waals surface area contributed by atoms with Crippen molar-refractivity contribution in [2.75, 3.05) is 0 Å². The van der Waals surface area contributed by atoms with Gasteiger partial charge in [0.2, 0.25) is 0 Å². The van der Waals surface area contributed by atoms with Gasteiger partial charge in [-0.3, -0.25) is 0 Å². The average molecular weight is 312 g/mol. The molecule has 0 saturated carbocycles. The highest BCUT2D eigenvalue weighted by Gasteiger charge is 2.05. The van der Waals surface area contributed by atoms with Crippen LogP contribution in [0.4, 0.5) is 0 Å². The van der Waals surface area contributed by atoms with Gasteiger partial charge in [0.1, 0.15) is 0 Å². The smallest absolute Gasteiger partial charge is 0.157 e. The summed E-state index contributed by atoms with van der Waals surface area (Å²) in [5.74, 6) is -0.153. The van der Waals surface area contributed by atoms with Crippen molar-refractivity contribution in [1.82, 2.24) is 0 Å². The molecule has 0 aliphatic rings. The van der Waals surface area contributed by atoms with Gasteiger partial charge in [-0.25, -0.2) is 0 Å². The molecule has 0 bridgehead atoms. The summed E-state index contributed by atoms with van der Waals surface area (Å²) in [6, 6.07) is 28.0. The normalized spacial score (nSPS) is 10.8. The van der Waals surface area contributed by atoms with E-state index in [4.69, 9.17) is 10.2 Å². The van der Waals surface area contributed by atoms with Gasteiger partial charge in [0.15, 0.2) is 11.5 Å². The van der Waals surface area contributed by atoms with Gasteiger partial charge in [-0.2, -0.15) is 0 Å². The highest BCUT2D eigenvalue weighted by Crippen LogP contribution is 2.33. The van der Waals surface area contributed by atoms with E-state index in [1.54, 1.807) is 12.1 Å². The first-order valence-electron chi connectivity index (χ1n) is 7.83. The maximum absolute atomic E-state index is 8.67. The molecular weight excluding hydrogens is 296 g/mol. The first-order valence-corrected chi connectivity index (χ1v) is 7.83. The predicted molar refractivity (Wildman–Crippen MR) is 99.9 cm³/mol. The van der Waals surface area contributed by atoms with Gasteiger partial charge in [0.05, 0.1) is 0 Å². The lowest BCUT2D eigenvalue weighted by atomic mass is 9.95. The van der Waals surface area contributed by atoms with Crippen LogP contribution < -0.4 is 0 Å². The van der Waals surface area contributed by atoms with E-state index in [0.717, 1.165) is 0 Å². The molecular formula is C22H16O2. The van der Waals surface area contributed by atoms with Crippen LogP contribution in [0.5, 0.6) is 11.5 Å². The topological polar surface area (TPSA) is 40.5 Å². The second-order valence-electron chi connectivity index (χ2n) is 5.78. The van der Waals surface area contributed by atoms with Crippen molar-refractivity contribution in [2.24, 2.45) is 0 Å². The van der Waals surface area contributed by atoms with Gasteiger partial charge in [0.25, 0.3) is 0 Å². The first kappa shape index (κ1) is 14.3. The minimum absolute atomic E-state index is 0.0764. The van der Waals surface area contributed by atoms with E-state index in [0.29, 0.717) is 0 Å². The van der Waals surface area contributed by atoms with Gasteiger partial charge in [-0.1, -0.05) is 72.8 Å². The Bertz CT molecular complexity index is 978. The summed E-state index contributed by atoms with van der Waals surface area (Å²) < 4.78 is 0. The molecule has 2 heteroatoms. The lowest BCUT2D eigenvalue weighted by molar-refractivity contribution is 0.404. The number of rotatable bonds is 0. The Morgan fingerprint density at radius 2 is 0.708 bits per heavy atom. The van der Waals surface area contributed by atoms with Crippen molar-refractivity contribution in [3.05, 3.63) is 84.9 Å². The monoisotopic (exact) mass is 312 g/mol. The molecule has 24 heavy (non-hydrogen) atoms. The summed E-state index contributed by atoms with van der Waals surface area (Å²) in [5.41, 5.74) is 0. The Kier molecular flexibility index (Phi) is 3.43. The van der Waals surface area contributed by atoms with Crippen LogP contribution in [0.3, 0.4) is 0 Å². The molecule has 0 aliphatic heterocycles. The quantitative estimate of drug-likeness (QED) is 0.285. The van der Waals surface area contributed by atoms with E-state index in [-0.39, 0.29) is 11.5 Å². The Hall–Kier alpha value is -3.26. The van der Waals surface area contributed by atoms with Crippen molar-refractivity contribution in [3.8, 4) is 11.5 Å². The summed E-state index contributed by atoms with van der Waals surface area (Å²) in [4.78, 5) is 0. The van der Waals surface area contributed by atoms with E-state index in [2.05, 4.69) is 60.7 Å². The van der Waals surface area contributed by atoms with Crippen molar-refractivity contribution in [3.63, 3.8) is 0 Å². The Labute approximate surface area is 139 Å². The highest BCUT2D eigenvalue weighted by atomic mass is 16.3. The highest BCUT2D eigenvalue weighted by molar-refractivity contribution is 6.22. The Morgan fingerprint density at radius 3 is 1.00 bits per heavy atom. The number of aromatic hydroxyl groups is 2. The number of hydrogen-bond acceptors (Lipinski definition) is 2. The van der Waals surface area contributed by atoms with Crippen LogP contribution in [0.2, 0.25) is 0 Å². The van der Waals surface area contributed by atoms with Crippen LogP contribution in [0.15, 0.2) is 84.9 Å². The number of hydrogen-bond donors (Lipinski definition) is 2. The summed E-state index contributed by atoms with van der Waals surface area (Å²) in [6.07, 6.45) is 0. The van der Waals surface area contributed by atoms with E-state index in [1.807, 2.05) is 0 Å². The third-order valence-electron chi connectivity index (χ3n) is 4.27. The van der Waals surface area contributed by atoms with E-state index >= 15 is 0 Å². The molecule has 0 saturated heterocycles. The molecule has 0 aromatic heterocycles. The Morgan fingerprint density at radius 1 is 0.375 bits per heavy atom. The fraction of sp³-hybridized carbons (Fsp3) is 0. The fourth-order valence-corrected chi connectivity index (χ4v) is 3.13. The molecule has 2 N–H and O–H groups in total. The van der Waals surface area contributed by atoms with Gasteiger partial charge >= 0.3 is 0 Å². The molecule has 0 amide bonds. The van der Waals surface area contributed by atoms with Crippen LogP contribution in [0.25, 0.3) is 32.3 Å². The zero-order valence-electron chi connectivity index (χ0n) is 13.0. The summed E-state index contributed by atoms with van der Waals surface area (Å²) >= 11 is 0. The van der Waals surface area contributed by atoms with E-state index in [9.17, 15) is 0 Å². The molecule has 5 rings (SSSR count). The van der Waals surface area contributed by atoms with Gasteiger partial charge < -0.3 is 10.2 Å². The Balaban J connectivity index is 0.000000155. The van der Waals surface area contributed by atoms with Crippen molar-refractivity contribution in [1.29, 1.82) is 0 Å². The molecule has 5 aromatic carbocycles. The second-order valence-corrected chi connectivity index (χ2v) is 5.78. The van der Waals surface area contributed by atoms with Crippen LogP contribution in [-0.4, -0.2) is 10.2 Å². The second kappa shape index (κ2) is 5.74. The van der Waals surface area contributed by atoms with Crippen LogP contribution in [0.1, 0.15) is 0 Å².